The maximum Gasteiger partial charge on any atom is 0.187 e. The van der Waals surface area contributed by atoms with Crippen LogP contribution in [0.4, 0.5) is 5.69 Å². The van der Waals surface area contributed by atoms with Crippen LogP contribution in [0.25, 0.3) is 21.9 Å². The maximum atomic E-state index is 9.45. The van der Waals surface area contributed by atoms with E-state index in [0.717, 1.165) is 11.3 Å². The molecule has 0 fully saturated rings. The molecule has 2 aromatic carbocycles. The molecule has 0 spiro atoms. The standard InChI is InChI=1S/C23H22N4/c1-15(2)20-10-7-11-21(16(3)4)22(20)27-14-19(13-24)26-23(27)17-8-6-9-18(12-17)25-5/h6-12,14-16H,1-4H3. The van der Waals surface area contributed by atoms with Gasteiger partial charge in [0.05, 0.1) is 12.3 Å². The van der Waals surface area contributed by atoms with Crippen LogP contribution in [0.15, 0.2) is 48.7 Å². The summed E-state index contributed by atoms with van der Waals surface area (Å²) < 4.78 is 2.02. The zero-order valence-corrected chi connectivity index (χ0v) is 16.1. The lowest BCUT2D eigenvalue weighted by Crippen LogP contribution is -2.07. The normalized spacial score (nSPS) is 10.8. The summed E-state index contributed by atoms with van der Waals surface area (Å²) in [6, 6.07) is 15.9. The molecule has 27 heavy (non-hydrogen) atoms. The molecule has 1 aromatic heterocycles. The van der Waals surface area contributed by atoms with E-state index in [1.165, 1.54) is 11.1 Å². The number of nitrogens with zero attached hydrogens (tertiary/aromatic N) is 4. The number of benzene rings is 2. The van der Waals surface area contributed by atoms with Gasteiger partial charge in [0.15, 0.2) is 11.4 Å². The van der Waals surface area contributed by atoms with Crippen molar-refractivity contribution in [1.82, 2.24) is 9.55 Å². The van der Waals surface area contributed by atoms with Gasteiger partial charge in [0, 0.05) is 11.8 Å². The van der Waals surface area contributed by atoms with Crippen LogP contribution in [-0.2, 0) is 0 Å². The minimum Gasteiger partial charge on any atom is -0.298 e. The van der Waals surface area contributed by atoms with E-state index in [-0.39, 0.29) is 0 Å². The van der Waals surface area contributed by atoms with E-state index in [1.54, 1.807) is 12.3 Å². The van der Waals surface area contributed by atoms with Crippen molar-refractivity contribution in [2.75, 3.05) is 0 Å². The Labute approximate surface area is 160 Å². The van der Waals surface area contributed by atoms with Crippen LogP contribution in [0.3, 0.4) is 0 Å². The molecule has 0 N–H and O–H groups in total. The van der Waals surface area contributed by atoms with E-state index in [0.29, 0.717) is 29.0 Å². The van der Waals surface area contributed by atoms with Gasteiger partial charge in [0.2, 0.25) is 0 Å². The summed E-state index contributed by atoms with van der Waals surface area (Å²) in [5.74, 6) is 1.34. The number of imidazole rings is 1. The highest BCUT2D eigenvalue weighted by atomic mass is 15.1. The minimum atomic E-state index is 0.328. The number of rotatable bonds is 4. The molecule has 3 rings (SSSR count). The fourth-order valence-electron chi connectivity index (χ4n) is 3.31. The van der Waals surface area contributed by atoms with Crippen molar-refractivity contribution in [2.24, 2.45) is 0 Å². The van der Waals surface area contributed by atoms with Crippen LogP contribution in [0.5, 0.6) is 0 Å². The summed E-state index contributed by atoms with van der Waals surface area (Å²) >= 11 is 0. The monoisotopic (exact) mass is 354 g/mol. The summed E-state index contributed by atoms with van der Waals surface area (Å²) in [5, 5.41) is 9.45. The second kappa shape index (κ2) is 7.48. The van der Waals surface area contributed by atoms with Gasteiger partial charge in [-0.05, 0) is 29.0 Å². The highest BCUT2D eigenvalue weighted by Gasteiger charge is 2.20. The third kappa shape index (κ3) is 3.48. The number of hydrogen-bond acceptors (Lipinski definition) is 2. The lowest BCUT2D eigenvalue weighted by atomic mass is 9.92. The van der Waals surface area contributed by atoms with Crippen molar-refractivity contribution >= 4 is 5.69 Å². The van der Waals surface area contributed by atoms with E-state index in [1.807, 2.05) is 22.8 Å². The van der Waals surface area contributed by atoms with Crippen molar-refractivity contribution in [3.05, 3.63) is 76.9 Å². The second-order valence-electron chi connectivity index (χ2n) is 7.19. The van der Waals surface area contributed by atoms with Crippen LogP contribution in [0.2, 0.25) is 0 Å². The predicted molar refractivity (Wildman–Crippen MR) is 108 cm³/mol. The molecule has 0 atom stereocenters. The first-order valence-corrected chi connectivity index (χ1v) is 9.06. The lowest BCUT2D eigenvalue weighted by molar-refractivity contribution is 0.806. The minimum absolute atomic E-state index is 0.328. The number of aromatic nitrogens is 2. The largest absolute Gasteiger partial charge is 0.298 e. The Kier molecular flexibility index (Phi) is 5.10. The van der Waals surface area contributed by atoms with E-state index >= 15 is 0 Å². The van der Waals surface area contributed by atoms with Gasteiger partial charge in [0.1, 0.15) is 11.9 Å². The summed E-state index contributed by atoms with van der Waals surface area (Å²) in [6.45, 7) is 16.0. The Morgan fingerprint density at radius 1 is 1.04 bits per heavy atom. The average Bonchev–Trinajstić information content (AvgIpc) is 3.11. The van der Waals surface area contributed by atoms with Gasteiger partial charge >= 0.3 is 0 Å². The molecule has 0 aliphatic heterocycles. The summed E-state index contributed by atoms with van der Waals surface area (Å²) in [4.78, 5) is 8.08. The summed E-state index contributed by atoms with van der Waals surface area (Å²) in [6.07, 6.45) is 1.80. The molecule has 0 radical (unpaired) electrons. The first-order chi connectivity index (χ1) is 13.0. The Hall–Kier alpha value is -3.37. The smallest absolute Gasteiger partial charge is 0.187 e. The molecule has 134 valence electrons. The van der Waals surface area contributed by atoms with Gasteiger partial charge < -0.3 is 0 Å². The zero-order valence-electron chi connectivity index (χ0n) is 16.1. The molecule has 0 aliphatic carbocycles. The first kappa shape index (κ1) is 18.4. The Morgan fingerprint density at radius 2 is 1.67 bits per heavy atom. The number of nitriles is 1. The molecule has 0 amide bonds. The van der Waals surface area contributed by atoms with Crippen LogP contribution in [-0.4, -0.2) is 9.55 Å². The third-order valence-corrected chi connectivity index (χ3v) is 4.64. The van der Waals surface area contributed by atoms with Crippen LogP contribution >= 0.6 is 0 Å². The molecular formula is C23H22N4. The molecule has 1 heterocycles. The fourth-order valence-corrected chi connectivity index (χ4v) is 3.31. The van der Waals surface area contributed by atoms with Gasteiger partial charge in [0.25, 0.3) is 0 Å². The van der Waals surface area contributed by atoms with Crippen LogP contribution < -0.4 is 0 Å². The number of para-hydroxylation sites is 1. The van der Waals surface area contributed by atoms with Crippen molar-refractivity contribution in [3.63, 3.8) is 0 Å². The topological polar surface area (TPSA) is 46.0 Å². The van der Waals surface area contributed by atoms with Crippen molar-refractivity contribution in [2.45, 2.75) is 39.5 Å². The molecule has 0 aliphatic rings. The van der Waals surface area contributed by atoms with Crippen molar-refractivity contribution < 1.29 is 0 Å². The second-order valence-corrected chi connectivity index (χ2v) is 7.19. The third-order valence-electron chi connectivity index (χ3n) is 4.64. The van der Waals surface area contributed by atoms with Gasteiger partial charge in [-0.25, -0.2) is 9.83 Å². The average molecular weight is 354 g/mol. The zero-order chi connectivity index (χ0) is 19.6. The van der Waals surface area contributed by atoms with E-state index in [9.17, 15) is 5.26 Å². The molecule has 0 bridgehead atoms. The molecule has 0 unspecified atom stereocenters. The van der Waals surface area contributed by atoms with Crippen molar-refractivity contribution in [1.29, 1.82) is 5.26 Å². The Balaban J connectivity index is 2.35. The van der Waals surface area contributed by atoms with Crippen LogP contribution in [0, 0.1) is 17.9 Å². The molecule has 0 saturated heterocycles. The van der Waals surface area contributed by atoms with E-state index in [4.69, 9.17) is 6.57 Å². The summed E-state index contributed by atoms with van der Waals surface area (Å²) in [5.41, 5.74) is 5.27. The van der Waals surface area contributed by atoms with Crippen LogP contribution in [0.1, 0.15) is 56.4 Å². The molecule has 3 aromatic rings. The SMILES string of the molecule is [C-]#[N+]c1cccc(-c2nc(C#N)cn2-c2c(C(C)C)cccc2C(C)C)c1. The van der Waals surface area contributed by atoms with Gasteiger partial charge in [-0.15, -0.1) is 0 Å². The van der Waals surface area contributed by atoms with Gasteiger partial charge in [-0.2, -0.15) is 5.26 Å². The predicted octanol–water partition coefficient (Wildman–Crippen LogP) is 6.21. The Bertz CT molecular complexity index is 1030. The van der Waals surface area contributed by atoms with E-state index < -0.39 is 0 Å². The molecule has 4 heteroatoms. The van der Waals surface area contributed by atoms with Gasteiger partial charge in [-0.3, -0.25) is 4.57 Å². The highest BCUT2D eigenvalue weighted by Crippen LogP contribution is 2.35. The highest BCUT2D eigenvalue weighted by molar-refractivity contribution is 5.67. The van der Waals surface area contributed by atoms with Crippen molar-refractivity contribution in [3.8, 4) is 23.1 Å². The molecule has 0 saturated carbocycles. The lowest BCUT2D eigenvalue weighted by Gasteiger charge is -2.21. The number of hydrogen-bond donors (Lipinski definition) is 0. The maximum absolute atomic E-state index is 9.45. The fraction of sp³-hybridized carbons (Fsp3) is 0.261. The van der Waals surface area contributed by atoms with E-state index in [2.05, 4.69) is 61.8 Å². The summed E-state index contributed by atoms with van der Waals surface area (Å²) in [7, 11) is 0. The first-order valence-electron chi connectivity index (χ1n) is 9.06. The molecular weight excluding hydrogens is 332 g/mol. The molecule has 4 nitrogen and oxygen atoms in total. The van der Waals surface area contributed by atoms with Gasteiger partial charge in [-0.1, -0.05) is 64.1 Å². The quantitative estimate of drug-likeness (QED) is 0.523. The Morgan fingerprint density at radius 3 is 2.22 bits per heavy atom.